The van der Waals surface area contributed by atoms with Gasteiger partial charge in [-0.05, 0) is 49.3 Å². The van der Waals surface area contributed by atoms with E-state index in [-0.39, 0.29) is 12.3 Å². The summed E-state index contributed by atoms with van der Waals surface area (Å²) in [6.45, 7) is 10.5. The highest BCUT2D eigenvalue weighted by atomic mass is 19.1. The van der Waals surface area contributed by atoms with Crippen LogP contribution in [0.1, 0.15) is 63.5 Å². The molecule has 2 N–H and O–H groups in total. The summed E-state index contributed by atoms with van der Waals surface area (Å²) >= 11 is 0. The monoisotopic (exact) mass is 347 g/mol. The molecule has 0 aromatic heterocycles. The van der Waals surface area contributed by atoms with Crippen LogP contribution in [0.25, 0.3) is 4.85 Å². The quantitative estimate of drug-likeness (QED) is 0.723. The molecule has 4 nitrogen and oxygen atoms in total. The Labute approximate surface area is 148 Å². The van der Waals surface area contributed by atoms with Crippen LogP contribution in [0.4, 0.5) is 4.39 Å². The summed E-state index contributed by atoms with van der Waals surface area (Å²) in [5, 5.41) is 20.1. The highest BCUT2D eigenvalue weighted by molar-refractivity contribution is 5.68. The third kappa shape index (κ3) is 4.58. The van der Waals surface area contributed by atoms with E-state index in [1.54, 1.807) is 26.0 Å². The van der Waals surface area contributed by atoms with E-state index in [2.05, 4.69) is 4.85 Å². The summed E-state index contributed by atoms with van der Waals surface area (Å²) in [6.07, 6.45) is 4.16. The van der Waals surface area contributed by atoms with Gasteiger partial charge in [-0.2, -0.15) is 0 Å². The van der Waals surface area contributed by atoms with Gasteiger partial charge in [0.2, 0.25) is 0 Å². The standard InChI is InChI=1S/C20H26FNO3/c1-19(2,22-3)16-9-8-14(12-17(16)21)10-11-20(25,13-18(23)24)15-6-4-5-7-15/h8-9,12,15,25H,4-7,10-11,13H2,1-2H3,(H,23,24)/t20-/m1/s1. The Morgan fingerprint density at radius 1 is 1.36 bits per heavy atom. The van der Waals surface area contributed by atoms with Crippen molar-refractivity contribution >= 4 is 5.97 Å². The highest BCUT2D eigenvalue weighted by Crippen LogP contribution is 2.39. The third-order valence-electron chi connectivity index (χ3n) is 5.39. The first-order chi connectivity index (χ1) is 11.7. The fourth-order valence-corrected chi connectivity index (χ4v) is 3.79. The number of aliphatic carboxylic acids is 1. The molecule has 1 aliphatic rings. The first-order valence-electron chi connectivity index (χ1n) is 8.79. The lowest BCUT2D eigenvalue weighted by molar-refractivity contribution is -0.145. The number of carboxylic acids is 1. The molecular formula is C20H26FNO3. The van der Waals surface area contributed by atoms with E-state index in [0.29, 0.717) is 24.0 Å². The van der Waals surface area contributed by atoms with Gasteiger partial charge in [-0.15, -0.1) is 0 Å². The summed E-state index contributed by atoms with van der Waals surface area (Å²) in [4.78, 5) is 14.6. The number of nitrogens with zero attached hydrogens (tertiary/aromatic N) is 1. The Kier molecular flexibility index (Phi) is 5.84. The van der Waals surface area contributed by atoms with Gasteiger partial charge < -0.3 is 15.1 Å². The highest BCUT2D eigenvalue weighted by Gasteiger charge is 2.39. The van der Waals surface area contributed by atoms with E-state index >= 15 is 0 Å². The number of hydrogen-bond donors (Lipinski definition) is 2. The van der Waals surface area contributed by atoms with Crippen LogP contribution in [0.3, 0.4) is 0 Å². The van der Waals surface area contributed by atoms with Crippen molar-refractivity contribution in [2.24, 2.45) is 5.92 Å². The summed E-state index contributed by atoms with van der Waals surface area (Å²) in [6, 6.07) is 4.79. The van der Waals surface area contributed by atoms with Crippen LogP contribution >= 0.6 is 0 Å². The van der Waals surface area contributed by atoms with Crippen LogP contribution in [0.15, 0.2) is 18.2 Å². The minimum atomic E-state index is -1.24. The molecular weight excluding hydrogens is 321 g/mol. The SMILES string of the molecule is [C-]#[N+]C(C)(C)c1ccc(CC[C@@](O)(CC(=O)O)C2CCCC2)cc1F. The molecule has 0 radical (unpaired) electrons. The first kappa shape index (κ1) is 19.4. The third-order valence-corrected chi connectivity index (χ3v) is 5.39. The second kappa shape index (κ2) is 7.53. The molecule has 1 aliphatic carbocycles. The minimum Gasteiger partial charge on any atom is -0.481 e. The Bertz CT molecular complexity index is 674. The zero-order valence-corrected chi connectivity index (χ0v) is 14.9. The Morgan fingerprint density at radius 2 is 2.00 bits per heavy atom. The average molecular weight is 347 g/mol. The molecule has 136 valence electrons. The van der Waals surface area contributed by atoms with Gasteiger partial charge >= 0.3 is 5.97 Å². The predicted octanol–water partition coefficient (Wildman–Crippen LogP) is 4.31. The maximum atomic E-state index is 14.4. The lowest BCUT2D eigenvalue weighted by Gasteiger charge is -2.33. The van der Waals surface area contributed by atoms with Gasteiger partial charge in [-0.3, -0.25) is 4.79 Å². The number of carboxylic acid groups (broad SMARTS) is 1. The largest absolute Gasteiger partial charge is 0.481 e. The first-order valence-corrected chi connectivity index (χ1v) is 8.79. The molecule has 1 fully saturated rings. The van der Waals surface area contributed by atoms with Crippen LogP contribution in [0.2, 0.25) is 0 Å². The number of hydrogen-bond acceptors (Lipinski definition) is 2. The number of rotatable bonds is 7. The van der Waals surface area contributed by atoms with Crippen LogP contribution in [-0.4, -0.2) is 21.8 Å². The van der Waals surface area contributed by atoms with Gasteiger partial charge in [0, 0.05) is 13.8 Å². The smallest absolute Gasteiger partial charge is 0.306 e. The molecule has 0 saturated heterocycles. The second-order valence-electron chi connectivity index (χ2n) is 7.64. The minimum absolute atomic E-state index is 0.00577. The Balaban J connectivity index is 2.14. The normalized spacial score (nSPS) is 17.9. The molecule has 25 heavy (non-hydrogen) atoms. The van der Waals surface area contributed by atoms with Crippen LogP contribution in [0, 0.1) is 18.3 Å². The molecule has 2 rings (SSSR count). The van der Waals surface area contributed by atoms with E-state index < -0.39 is 22.9 Å². The maximum Gasteiger partial charge on any atom is 0.306 e. The number of benzene rings is 1. The fraction of sp³-hybridized carbons (Fsp3) is 0.600. The van der Waals surface area contributed by atoms with Gasteiger partial charge in [-0.25, -0.2) is 11.0 Å². The Hall–Kier alpha value is -1.93. The van der Waals surface area contributed by atoms with E-state index in [1.807, 2.05) is 0 Å². The van der Waals surface area contributed by atoms with Crippen LogP contribution in [-0.2, 0) is 16.8 Å². The summed E-state index contributed by atoms with van der Waals surface area (Å²) in [7, 11) is 0. The number of aryl methyl sites for hydroxylation is 1. The molecule has 0 heterocycles. The van der Waals surface area contributed by atoms with Gasteiger partial charge in [0.25, 0.3) is 5.54 Å². The molecule has 0 unspecified atom stereocenters. The molecule has 1 aromatic carbocycles. The van der Waals surface area contributed by atoms with E-state index in [9.17, 15) is 14.3 Å². The van der Waals surface area contributed by atoms with Gasteiger partial charge in [0.1, 0.15) is 5.82 Å². The maximum absolute atomic E-state index is 14.4. The summed E-state index contributed by atoms with van der Waals surface area (Å²) < 4.78 is 14.4. The van der Waals surface area contributed by atoms with Crippen molar-refractivity contribution in [3.05, 3.63) is 46.6 Å². The van der Waals surface area contributed by atoms with Crippen molar-refractivity contribution in [3.8, 4) is 0 Å². The predicted molar refractivity (Wildman–Crippen MR) is 93.5 cm³/mol. The zero-order chi connectivity index (χ0) is 18.7. The van der Waals surface area contributed by atoms with Gasteiger partial charge in [0.05, 0.1) is 17.6 Å². The van der Waals surface area contributed by atoms with Gasteiger partial charge in [-0.1, -0.05) is 18.9 Å². The summed E-state index contributed by atoms with van der Waals surface area (Å²) in [5.74, 6) is -1.44. The zero-order valence-electron chi connectivity index (χ0n) is 14.9. The number of carbonyl (C=O) groups is 1. The molecule has 1 atom stereocenters. The van der Waals surface area contributed by atoms with E-state index in [4.69, 9.17) is 11.7 Å². The molecule has 5 heteroatoms. The lowest BCUT2D eigenvalue weighted by atomic mass is 9.79. The van der Waals surface area contributed by atoms with Crippen LogP contribution < -0.4 is 0 Å². The topological polar surface area (TPSA) is 61.9 Å². The molecule has 1 saturated carbocycles. The van der Waals surface area contributed by atoms with Crippen molar-refractivity contribution in [2.75, 3.05) is 0 Å². The van der Waals surface area contributed by atoms with Crippen molar-refractivity contribution in [1.29, 1.82) is 0 Å². The molecule has 1 aromatic rings. The average Bonchev–Trinajstić information content (AvgIpc) is 3.07. The molecule has 0 aliphatic heterocycles. The lowest BCUT2D eigenvalue weighted by Crippen LogP contribution is -2.39. The van der Waals surface area contributed by atoms with Crippen molar-refractivity contribution < 1.29 is 19.4 Å². The van der Waals surface area contributed by atoms with Crippen LogP contribution in [0.5, 0.6) is 0 Å². The summed E-state index contributed by atoms with van der Waals surface area (Å²) in [5.41, 5.74) is -1.10. The molecule has 0 bridgehead atoms. The van der Waals surface area contributed by atoms with Crippen molar-refractivity contribution in [1.82, 2.24) is 0 Å². The van der Waals surface area contributed by atoms with E-state index in [1.165, 1.54) is 6.07 Å². The Morgan fingerprint density at radius 3 is 2.52 bits per heavy atom. The second-order valence-corrected chi connectivity index (χ2v) is 7.64. The number of aliphatic hydroxyl groups is 1. The van der Waals surface area contributed by atoms with Crippen molar-refractivity contribution in [3.63, 3.8) is 0 Å². The van der Waals surface area contributed by atoms with E-state index in [0.717, 1.165) is 25.7 Å². The molecule has 0 amide bonds. The fourth-order valence-electron chi connectivity index (χ4n) is 3.79. The van der Waals surface area contributed by atoms with Crippen molar-refractivity contribution in [2.45, 2.75) is 69.9 Å². The molecule has 0 spiro atoms. The number of halogens is 1. The van der Waals surface area contributed by atoms with Gasteiger partial charge in [0.15, 0.2) is 0 Å².